The van der Waals surface area contributed by atoms with E-state index in [4.69, 9.17) is 4.42 Å². The quantitative estimate of drug-likeness (QED) is 0.619. The van der Waals surface area contributed by atoms with E-state index in [0.29, 0.717) is 18.8 Å². The zero-order valence-corrected chi connectivity index (χ0v) is 10.2. The van der Waals surface area contributed by atoms with Crippen molar-refractivity contribution in [1.29, 1.82) is 0 Å². The molecule has 6 heteroatoms. The van der Waals surface area contributed by atoms with Crippen LogP contribution in [-0.4, -0.2) is 22.2 Å². The van der Waals surface area contributed by atoms with Gasteiger partial charge in [0.15, 0.2) is 0 Å². The van der Waals surface area contributed by atoms with Gasteiger partial charge in [-0.2, -0.15) is 0 Å². The maximum Gasteiger partial charge on any atom is 0.433 e. The third-order valence-electron chi connectivity index (χ3n) is 3.36. The predicted octanol–water partition coefficient (Wildman–Crippen LogP) is 1.97. The molecule has 2 N–H and O–H groups in total. The van der Waals surface area contributed by atoms with Gasteiger partial charge >= 0.3 is 5.88 Å². The lowest BCUT2D eigenvalue weighted by Gasteiger charge is -2.32. The Morgan fingerprint density at radius 2 is 2.11 bits per heavy atom. The average molecular weight is 254 g/mol. The fourth-order valence-corrected chi connectivity index (χ4v) is 2.36. The molecule has 0 amide bonds. The number of furan rings is 1. The lowest BCUT2D eigenvalue weighted by Crippen LogP contribution is -2.41. The van der Waals surface area contributed by atoms with Gasteiger partial charge in [0.25, 0.3) is 0 Å². The Morgan fingerprint density at radius 1 is 1.39 bits per heavy atom. The molecular weight excluding hydrogens is 236 g/mol. The summed E-state index contributed by atoms with van der Waals surface area (Å²) in [4.78, 5) is 9.88. The maximum absolute atomic E-state index is 10.4. The van der Waals surface area contributed by atoms with Crippen LogP contribution >= 0.6 is 0 Å². The molecule has 0 bridgehead atoms. The summed E-state index contributed by atoms with van der Waals surface area (Å²) in [5, 5.41) is 23.8. The molecule has 1 fully saturated rings. The Morgan fingerprint density at radius 3 is 2.72 bits per heavy atom. The normalized spacial score (nSPS) is 18.7. The van der Waals surface area contributed by atoms with Crippen molar-refractivity contribution < 1.29 is 14.4 Å². The minimum absolute atomic E-state index is 0.247. The largest absolute Gasteiger partial charge is 0.433 e. The average Bonchev–Trinajstić information content (AvgIpc) is 2.78. The van der Waals surface area contributed by atoms with Crippen molar-refractivity contribution in [2.24, 2.45) is 0 Å². The van der Waals surface area contributed by atoms with Crippen molar-refractivity contribution in [3.63, 3.8) is 0 Å². The molecule has 0 saturated heterocycles. The van der Waals surface area contributed by atoms with Gasteiger partial charge in [-0.05, 0) is 18.9 Å². The second kappa shape index (κ2) is 5.49. The van der Waals surface area contributed by atoms with Crippen LogP contribution in [-0.2, 0) is 6.54 Å². The first-order chi connectivity index (χ1) is 8.59. The maximum atomic E-state index is 10.4. The molecule has 18 heavy (non-hydrogen) atoms. The predicted molar refractivity (Wildman–Crippen MR) is 65.1 cm³/mol. The number of nitrogens with zero attached hydrogens (tertiary/aromatic N) is 1. The number of hydrogen-bond acceptors (Lipinski definition) is 5. The van der Waals surface area contributed by atoms with Crippen LogP contribution in [0.3, 0.4) is 0 Å². The highest BCUT2D eigenvalue weighted by Gasteiger charge is 2.28. The van der Waals surface area contributed by atoms with Crippen LogP contribution in [0.25, 0.3) is 0 Å². The van der Waals surface area contributed by atoms with E-state index in [-0.39, 0.29) is 5.88 Å². The zero-order chi connectivity index (χ0) is 13.0. The first-order valence-corrected chi connectivity index (χ1v) is 6.25. The first kappa shape index (κ1) is 13.0. The molecule has 0 spiro atoms. The summed E-state index contributed by atoms with van der Waals surface area (Å²) in [6, 6.07) is 2.92. The number of rotatable bonds is 5. The number of aliphatic hydroxyl groups is 1. The Bertz CT molecular complexity index is 410. The highest BCUT2D eigenvalue weighted by molar-refractivity contribution is 5.17. The van der Waals surface area contributed by atoms with Crippen LogP contribution in [0.15, 0.2) is 16.5 Å². The summed E-state index contributed by atoms with van der Waals surface area (Å²) in [5.74, 6) is 0.268. The summed E-state index contributed by atoms with van der Waals surface area (Å²) in [6.45, 7) is 0.900. The van der Waals surface area contributed by atoms with E-state index < -0.39 is 10.5 Å². The number of nitro groups is 1. The molecule has 1 aromatic heterocycles. The van der Waals surface area contributed by atoms with Gasteiger partial charge in [-0.15, -0.1) is 0 Å². The van der Waals surface area contributed by atoms with E-state index >= 15 is 0 Å². The van der Waals surface area contributed by atoms with Crippen molar-refractivity contribution >= 4 is 5.88 Å². The second-order valence-corrected chi connectivity index (χ2v) is 4.89. The molecule has 1 aliphatic carbocycles. The van der Waals surface area contributed by atoms with E-state index in [1.165, 1.54) is 12.5 Å². The topological polar surface area (TPSA) is 88.5 Å². The van der Waals surface area contributed by atoms with Crippen molar-refractivity contribution in [2.45, 2.75) is 44.2 Å². The van der Waals surface area contributed by atoms with Crippen LogP contribution in [0.5, 0.6) is 0 Å². The summed E-state index contributed by atoms with van der Waals surface area (Å²) in [6.07, 6.45) is 4.94. The highest BCUT2D eigenvalue weighted by atomic mass is 16.6. The van der Waals surface area contributed by atoms with Crippen molar-refractivity contribution in [3.05, 3.63) is 28.0 Å². The molecule has 6 nitrogen and oxygen atoms in total. The van der Waals surface area contributed by atoms with E-state index in [1.807, 2.05) is 0 Å². The number of hydrogen-bond donors (Lipinski definition) is 2. The molecule has 1 aromatic rings. The van der Waals surface area contributed by atoms with Gasteiger partial charge in [-0.25, -0.2) is 0 Å². The molecule has 0 atom stereocenters. The molecule has 0 aliphatic heterocycles. The van der Waals surface area contributed by atoms with Gasteiger partial charge in [0.2, 0.25) is 0 Å². The molecular formula is C12H18N2O4. The fourth-order valence-electron chi connectivity index (χ4n) is 2.36. The number of nitrogens with one attached hydrogen (secondary N) is 1. The summed E-state index contributed by atoms with van der Waals surface area (Å²) in [5.41, 5.74) is -0.628. The van der Waals surface area contributed by atoms with Gasteiger partial charge in [0, 0.05) is 6.54 Å². The molecule has 1 heterocycles. The standard InChI is InChI=1S/C12H18N2O4/c15-12(6-2-1-3-7-12)9-13-8-10-4-5-11(18-10)14(16)17/h4-5,13,15H,1-3,6-9H2. The van der Waals surface area contributed by atoms with Gasteiger partial charge < -0.3 is 14.8 Å². The van der Waals surface area contributed by atoms with Crippen LogP contribution in [0.4, 0.5) is 5.88 Å². The lowest BCUT2D eigenvalue weighted by molar-refractivity contribution is -0.402. The Balaban J connectivity index is 1.78. The van der Waals surface area contributed by atoms with Gasteiger partial charge in [-0.3, -0.25) is 10.1 Å². The molecule has 0 radical (unpaired) electrons. The van der Waals surface area contributed by atoms with Crippen molar-refractivity contribution in [3.8, 4) is 0 Å². The molecule has 1 saturated carbocycles. The third kappa shape index (κ3) is 3.30. The van der Waals surface area contributed by atoms with Crippen LogP contribution in [0, 0.1) is 10.1 Å². The van der Waals surface area contributed by atoms with Gasteiger partial charge in [0.05, 0.1) is 18.2 Å². The lowest BCUT2D eigenvalue weighted by atomic mass is 9.85. The Labute approximate surface area is 105 Å². The van der Waals surface area contributed by atoms with Crippen LogP contribution in [0.1, 0.15) is 37.9 Å². The van der Waals surface area contributed by atoms with Crippen LogP contribution < -0.4 is 5.32 Å². The summed E-state index contributed by atoms with van der Waals surface area (Å²) < 4.78 is 5.02. The Hall–Kier alpha value is -1.40. The summed E-state index contributed by atoms with van der Waals surface area (Å²) in [7, 11) is 0. The molecule has 2 rings (SSSR count). The second-order valence-electron chi connectivity index (χ2n) is 4.89. The van der Waals surface area contributed by atoms with Crippen molar-refractivity contribution in [1.82, 2.24) is 5.32 Å². The molecule has 0 aromatic carbocycles. The smallest absolute Gasteiger partial charge is 0.404 e. The highest BCUT2D eigenvalue weighted by Crippen LogP contribution is 2.27. The molecule has 1 aliphatic rings. The minimum Gasteiger partial charge on any atom is -0.404 e. The SMILES string of the molecule is O=[N+]([O-])c1ccc(CNCC2(O)CCCCC2)o1. The monoisotopic (exact) mass is 254 g/mol. The van der Waals surface area contributed by atoms with E-state index in [2.05, 4.69) is 5.32 Å². The van der Waals surface area contributed by atoms with Gasteiger partial charge in [0.1, 0.15) is 10.7 Å². The van der Waals surface area contributed by atoms with Crippen molar-refractivity contribution in [2.75, 3.05) is 6.54 Å². The first-order valence-electron chi connectivity index (χ1n) is 6.25. The van der Waals surface area contributed by atoms with E-state index in [0.717, 1.165) is 25.7 Å². The van der Waals surface area contributed by atoms with E-state index in [1.54, 1.807) is 6.07 Å². The Kier molecular flexibility index (Phi) is 3.98. The zero-order valence-electron chi connectivity index (χ0n) is 10.2. The van der Waals surface area contributed by atoms with Crippen LogP contribution in [0.2, 0.25) is 0 Å². The van der Waals surface area contributed by atoms with Gasteiger partial charge in [-0.1, -0.05) is 19.3 Å². The third-order valence-corrected chi connectivity index (χ3v) is 3.36. The minimum atomic E-state index is -0.628. The van der Waals surface area contributed by atoms with E-state index in [9.17, 15) is 15.2 Å². The summed E-state index contributed by atoms with van der Waals surface area (Å²) >= 11 is 0. The molecule has 0 unspecified atom stereocenters. The molecule has 100 valence electrons. The fraction of sp³-hybridized carbons (Fsp3) is 0.667.